The van der Waals surface area contributed by atoms with E-state index in [2.05, 4.69) is 28.8 Å². The van der Waals surface area contributed by atoms with Crippen molar-refractivity contribution in [1.82, 2.24) is 9.80 Å². The molecular weight excluding hydrogens is 368 g/mol. The van der Waals surface area contributed by atoms with Crippen LogP contribution in [0.1, 0.15) is 23.2 Å². The van der Waals surface area contributed by atoms with E-state index in [0.717, 1.165) is 29.2 Å². The minimum Gasteiger partial charge on any atom is -0.380 e. The summed E-state index contributed by atoms with van der Waals surface area (Å²) < 4.78 is 0. The predicted octanol–water partition coefficient (Wildman–Crippen LogP) is 1.96. The maximum Gasteiger partial charge on any atom is 0.254 e. The first-order valence-corrected chi connectivity index (χ1v) is 10.1. The highest BCUT2D eigenvalue weighted by molar-refractivity contribution is 5.95. The highest BCUT2D eigenvalue weighted by Gasteiger charge is 2.50. The lowest BCUT2D eigenvalue weighted by atomic mass is 10.0. The topological polar surface area (TPSA) is 84.9 Å². The van der Waals surface area contributed by atoms with Crippen LogP contribution in [0.4, 0.5) is 11.4 Å². The van der Waals surface area contributed by atoms with Gasteiger partial charge in [0.2, 0.25) is 0 Å². The summed E-state index contributed by atoms with van der Waals surface area (Å²) in [5, 5.41) is 16.5. The van der Waals surface area contributed by atoms with Gasteiger partial charge in [-0.15, -0.1) is 0 Å². The number of benzene rings is 2. The van der Waals surface area contributed by atoms with E-state index in [-0.39, 0.29) is 11.8 Å². The molecule has 0 bridgehead atoms. The highest BCUT2D eigenvalue weighted by atomic mass is 16.3. The van der Waals surface area contributed by atoms with E-state index in [4.69, 9.17) is 0 Å². The van der Waals surface area contributed by atoms with Crippen LogP contribution < -0.4 is 10.6 Å². The van der Waals surface area contributed by atoms with Gasteiger partial charge in [0.1, 0.15) is 5.60 Å². The van der Waals surface area contributed by atoms with Gasteiger partial charge in [-0.1, -0.05) is 18.2 Å². The zero-order chi connectivity index (χ0) is 20.0. The smallest absolute Gasteiger partial charge is 0.254 e. The molecule has 7 heteroatoms. The maximum absolute atomic E-state index is 12.8. The van der Waals surface area contributed by atoms with E-state index in [1.165, 1.54) is 0 Å². The number of nitrogens with zero attached hydrogens (tertiary/aromatic N) is 2. The molecule has 29 heavy (non-hydrogen) atoms. The molecule has 0 radical (unpaired) electrons. The van der Waals surface area contributed by atoms with E-state index >= 15 is 0 Å². The van der Waals surface area contributed by atoms with Crippen molar-refractivity contribution in [1.29, 1.82) is 0 Å². The SMILES string of the molecule is O=C(c1ccc(-c2ccc3c(c2)NCN3)cc1)N1CCN(C(=O)C2(O)CC2)CC1. The molecule has 2 aliphatic heterocycles. The Morgan fingerprint density at radius 3 is 2.14 bits per heavy atom. The second kappa shape index (κ2) is 6.77. The van der Waals surface area contributed by atoms with Crippen molar-refractivity contribution in [3.63, 3.8) is 0 Å². The number of hydrogen-bond donors (Lipinski definition) is 3. The quantitative estimate of drug-likeness (QED) is 0.744. The zero-order valence-electron chi connectivity index (χ0n) is 16.1. The van der Waals surface area contributed by atoms with Gasteiger partial charge in [-0.3, -0.25) is 9.59 Å². The maximum atomic E-state index is 12.8. The molecule has 0 unspecified atom stereocenters. The summed E-state index contributed by atoms with van der Waals surface area (Å²) >= 11 is 0. The fraction of sp³-hybridized carbons (Fsp3) is 0.364. The predicted molar refractivity (Wildman–Crippen MR) is 111 cm³/mol. The number of nitrogens with one attached hydrogen (secondary N) is 2. The van der Waals surface area contributed by atoms with Crippen molar-refractivity contribution >= 4 is 23.2 Å². The van der Waals surface area contributed by atoms with Crippen molar-refractivity contribution in [3.8, 4) is 11.1 Å². The third-order valence-corrected chi connectivity index (χ3v) is 6.02. The molecule has 1 saturated heterocycles. The van der Waals surface area contributed by atoms with Crippen LogP contribution in [0.25, 0.3) is 11.1 Å². The van der Waals surface area contributed by atoms with Crippen LogP contribution in [0, 0.1) is 0 Å². The summed E-state index contributed by atoms with van der Waals surface area (Å²) in [5.74, 6) is -0.207. The molecule has 3 aliphatic rings. The fourth-order valence-corrected chi connectivity index (χ4v) is 3.99. The second-order valence-electron chi connectivity index (χ2n) is 7.98. The summed E-state index contributed by atoms with van der Waals surface area (Å²) in [5.41, 5.74) is 3.87. The van der Waals surface area contributed by atoms with Gasteiger partial charge in [-0.05, 0) is 48.2 Å². The molecular formula is C22H24N4O3. The molecule has 2 aromatic rings. The van der Waals surface area contributed by atoms with Crippen molar-refractivity contribution < 1.29 is 14.7 Å². The Kier molecular flexibility index (Phi) is 4.20. The molecule has 2 amide bonds. The summed E-state index contributed by atoms with van der Waals surface area (Å²) in [4.78, 5) is 28.5. The monoisotopic (exact) mass is 392 g/mol. The molecule has 7 nitrogen and oxygen atoms in total. The zero-order valence-corrected chi connectivity index (χ0v) is 16.1. The minimum absolute atomic E-state index is 0.0198. The molecule has 0 atom stereocenters. The van der Waals surface area contributed by atoms with Crippen LogP contribution in [-0.4, -0.2) is 65.2 Å². The molecule has 0 aromatic heterocycles. The minimum atomic E-state index is -1.13. The van der Waals surface area contributed by atoms with Crippen molar-refractivity contribution in [2.75, 3.05) is 43.5 Å². The van der Waals surface area contributed by atoms with Crippen molar-refractivity contribution in [2.45, 2.75) is 18.4 Å². The standard InChI is InChI=1S/C22H24N4O3/c27-20(25-9-11-26(12-10-25)21(28)22(29)7-8-22)16-3-1-15(2-4-16)17-5-6-18-19(13-17)24-14-23-18/h1-6,13,23-24,29H,7-12,14H2. The number of aliphatic hydroxyl groups is 1. The number of carbonyl (C=O) groups excluding carboxylic acids is 2. The fourth-order valence-electron chi connectivity index (χ4n) is 3.99. The van der Waals surface area contributed by atoms with E-state index in [1.807, 2.05) is 24.3 Å². The normalized spacial score (nSPS) is 19.2. The molecule has 0 spiro atoms. The van der Waals surface area contributed by atoms with Gasteiger partial charge in [0.15, 0.2) is 0 Å². The Hall–Kier alpha value is -3.06. The average molecular weight is 392 g/mol. The number of fused-ring (bicyclic) bond motifs is 1. The van der Waals surface area contributed by atoms with Crippen LogP contribution in [-0.2, 0) is 4.79 Å². The average Bonchev–Trinajstić information content (AvgIpc) is 3.34. The van der Waals surface area contributed by atoms with Crippen LogP contribution >= 0.6 is 0 Å². The van der Waals surface area contributed by atoms with E-state index in [9.17, 15) is 14.7 Å². The first kappa shape index (κ1) is 18.0. The van der Waals surface area contributed by atoms with Crippen LogP contribution in [0.2, 0.25) is 0 Å². The van der Waals surface area contributed by atoms with Crippen molar-refractivity contribution in [2.24, 2.45) is 0 Å². The number of piperazine rings is 1. The molecule has 2 fully saturated rings. The molecule has 3 N–H and O–H groups in total. The Labute approximate surface area is 169 Å². The number of hydrogen-bond acceptors (Lipinski definition) is 5. The first-order chi connectivity index (χ1) is 14.0. The summed E-state index contributed by atoms with van der Waals surface area (Å²) in [7, 11) is 0. The third kappa shape index (κ3) is 3.31. The molecule has 5 rings (SSSR count). The molecule has 150 valence electrons. The van der Waals surface area contributed by atoms with E-state index in [1.54, 1.807) is 9.80 Å². The van der Waals surface area contributed by atoms with Crippen molar-refractivity contribution in [3.05, 3.63) is 48.0 Å². The Balaban J connectivity index is 1.23. The first-order valence-electron chi connectivity index (χ1n) is 10.1. The van der Waals surface area contributed by atoms with E-state index < -0.39 is 5.60 Å². The lowest BCUT2D eigenvalue weighted by Gasteiger charge is -2.35. The molecule has 2 heterocycles. The van der Waals surface area contributed by atoms with Gasteiger partial charge in [0.05, 0.1) is 18.0 Å². The lowest BCUT2D eigenvalue weighted by Crippen LogP contribution is -2.53. The van der Waals surface area contributed by atoms with Gasteiger partial charge in [-0.2, -0.15) is 0 Å². The van der Waals surface area contributed by atoms with E-state index in [0.29, 0.717) is 44.6 Å². The highest BCUT2D eigenvalue weighted by Crippen LogP contribution is 2.37. The Morgan fingerprint density at radius 2 is 1.45 bits per heavy atom. The summed E-state index contributed by atoms with van der Waals surface area (Å²) in [6.45, 7) is 2.67. The summed E-state index contributed by atoms with van der Waals surface area (Å²) in [6.07, 6.45) is 1.10. The number of carbonyl (C=O) groups is 2. The number of amides is 2. The van der Waals surface area contributed by atoms with Gasteiger partial charge in [-0.25, -0.2) is 0 Å². The largest absolute Gasteiger partial charge is 0.380 e. The Bertz CT molecular complexity index is 961. The Morgan fingerprint density at radius 1 is 0.828 bits per heavy atom. The van der Waals surface area contributed by atoms with Gasteiger partial charge in [0.25, 0.3) is 11.8 Å². The molecule has 1 saturated carbocycles. The van der Waals surface area contributed by atoms with Gasteiger partial charge in [0, 0.05) is 31.7 Å². The number of anilines is 2. The lowest BCUT2D eigenvalue weighted by molar-refractivity contribution is -0.143. The second-order valence-corrected chi connectivity index (χ2v) is 7.98. The van der Waals surface area contributed by atoms with Crippen LogP contribution in [0.3, 0.4) is 0 Å². The van der Waals surface area contributed by atoms with Crippen LogP contribution in [0.5, 0.6) is 0 Å². The molecule has 2 aromatic carbocycles. The van der Waals surface area contributed by atoms with Gasteiger partial charge >= 0.3 is 0 Å². The van der Waals surface area contributed by atoms with Crippen LogP contribution in [0.15, 0.2) is 42.5 Å². The molecule has 1 aliphatic carbocycles. The van der Waals surface area contributed by atoms with Gasteiger partial charge < -0.3 is 25.5 Å². The summed E-state index contributed by atoms with van der Waals surface area (Å²) in [6, 6.07) is 13.9. The third-order valence-electron chi connectivity index (χ3n) is 6.02. The number of rotatable bonds is 3.